The van der Waals surface area contributed by atoms with Crippen LogP contribution < -0.4 is 14.8 Å². The van der Waals surface area contributed by atoms with E-state index in [0.717, 1.165) is 0 Å². The van der Waals surface area contributed by atoms with Gasteiger partial charge in [0.2, 0.25) is 0 Å². The van der Waals surface area contributed by atoms with Gasteiger partial charge < -0.3 is 19.5 Å². The van der Waals surface area contributed by atoms with Crippen LogP contribution in [0.2, 0.25) is 10.0 Å². The molecule has 2 aromatic carbocycles. The molecule has 0 saturated heterocycles. The minimum atomic E-state index is -0.584. The zero-order valence-electron chi connectivity index (χ0n) is 14.2. The van der Waals surface area contributed by atoms with Gasteiger partial charge in [-0.3, -0.25) is 9.59 Å². The Bertz CT molecular complexity index is 743. The van der Waals surface area contributed by atoms with E-state index in [2.05, 4.69) is 5.32 Å². The lowest BCUT2D eigenvalue weighted by Gasteiger charge is -2.11. The molecule has 0 atom stereocenters. The van der Waals surface area contributed by atoms with Gasteiger partial charge in [-0.05, 0) is 36.4 Å². The molecule has 0 bridgehead atoms. The molecule has 0 unspecified atom stereocenters. The van der Waals surface area contributed by atoms with Crippen molar-refractivity contribution in [3.05, 3.63) is 52.0 Å². The predicted molar refractivity (Wildman–Crippen MR) is 99.3 cm³/mol. The Morgan fingerprint density at radius 3 is 2.23 bits per heavy atom. The Hall–Kier alpha value is -2.44. The van der Waals surface area contributed by atoms with E-state index in [1.54, 1.807) is 30.3 Å². The Kier molecular flexibility index (Phi) is 7.12. The summed E-state index contributed by atoms with van der Waals surface area (Å²) in [5.41, 5.74) is 0.958. The fourth-order valence-corrected chi connectivity index (χ4v) is 2.57. The Balaban J connectivity index is 1.92. The molecule has 0 fully saturated rings. The molecule has 0 aromatic heterocycles. The third-order valence-corrected chi connectivity index (χ3v) is 3.85. The first-order valence-corrected chi connectivity index (χ1v) is 8.30. The number of ether oxygens (including phenoxy) is 3. The molecule has 26 heavy (non-hydrogen) atoms. The molecular formula is C18H17Cl2NO5. The van der Waals surface area contributed by atoms with Crippen LogP contribution in [0.25, 0.3) is 0 Å². The van der Waals surface area contributed by atoms with E-state index in [0.29, 0.717) is 32.8 Å². The maximum absolute atomic E-state index is 12.0. The zero-order valence-corrected chi connectivity index (χ0v) is 15.7. The van der Waals surface area contributed by atoms with Gasteiger partial charge in [0, 0.05) is 15.6 Å². The Labute approximate surface area is 160 Å². The van der Waals surface area contributed by atoms with Crippen molar-refractivity contribution in [2.24, 2.45) is 0 Å². The minimum absolute atomic E-state index is 0.0719. The van der Waals surface area contributed by atoms with Gasteiger partial charge in [-0.15, -0.1) is 0 Å². The summed E-state index contributed by atoms with van der Waals surface area (Å²) >= 11 is 11.8. The van der Waals surface area contributed by atoms with Crippen LogP contribution in [-0.2, 0) is 20.7 Å². The summed E-state index contributed by atoms with van der Waals surface area (Å²) in [5, 5.41) is 3.49. The number of carbonyl (C=O) groups excluding carboxylic acids is 2. The Morgan fingerprint density at radius 2 is 1.58 bits per heavy atom. The van der Waals surface area contributed by atoms with Gasteiger partial charge in [-0.1, -0.05) is 23.2 Å². The second-order valence-electron chi connectivity index (χ2n) is 5.19. The third kappa shape index (κ3) is 5.54. The van der Waals surface area contributed by atoms with Crippen LogP contribution in [0.5, 0.6) is 11.5 Å². The maximum atomic E-state index is 12.0. The van der Waals surface area contributed by atoms with Crippen molar-refractivity contribution < 1.29 is 23.8 Å². The SMILES string of the molecule is COc1ccc(Cl)cc1CC(=O)OCC(=O)Nc1cc(Cl)ccc1OC. The highest BCUT2D eigenvalue weighted by atomic mass is 35.5. The molecular weight excluding hydrogens is 381 g/mol. The standard InChI is InChI=1S/C18H17Cl2NO5/c1-24-15-5-3-12(19)7-11(15)8-18(23)26-10-17(22)21-14-9-13(20)4-6-16(14)25-2/h3-7,9H,8,10H2,1-2H3,(H,21,22). The molecule has 0 aliphatic rings. The van der Waals surface area contributed by atoms with E-state index in [-0.39, 0.29) is 6.42 Å². The topological polar surface area (TPSA) is 73.9 Å². The average Bonchev–Trinajstić information content (AvgIpc) is 2.60. The Morgan fingerprint density at radius 1 is 0.962 bits per heavy atom. The summed E-state index contributed by atoms with van der Waals surface area (Å²) in [6.07, 6.45) is -0.0719. The van der Waals surface area contributed by atoms with E-state index in [4.69, 9.17) is 37.4 Å². The van der Waals surface area contributed by atoms with Crippen molar-refractivity contribution in [1.29, 1.82) is 0 Å². The second-order valence-corrected chi connectivity index (χ2v) is 6.06. The number of esters is 1. The smallest absolute Gasteiger partial charge is 0.310 e. The normalized spacial score (nSPS) is 10.2. The third-order valence-electron chi connectivity index (χ3n) is 3.38. The minimum Gasteiger partial charge on any atom is -0.496 e. The highest BCUT2D eigenvalue weighted by molar-refractivity contribution is 6.31. The number of nitrogens with one attached hydrogen (secondary N) is 1. The zero-order chi connectivity index (χ0) is 19.1. The monoisotopic (exact) mass is 397 g/mol. The lowest BCUT2D eigenvalue weighted by atomic mass is 10.1. The number of benzene rings is 2. The van der Waals surface area contributed by atoms with Crippen LogP contribution in [-0.4, -0.2) is 32.7 Å². The van der Waals surface area contributed by atoms with Crippen molar-refractivity contribution in [3.63, 3.8) is 0 Å². The van der Waals surface area contributed by atoms with Gasteiger partial charge in [0.15, 0.2) is 6.61 Å². The predicted octanol–water partition coefficient (Wildman–Crippen LogP) is 3.74. The molecule has 0 saturated carbocycles. The molecule has 0 heterocycles. The van der Waals surface area contributed by atoms with E-state index < -0.39 is 18.5 Å². The van der Waals surface area contributed by atoms with Crippen LogP contribution in [0.3, 0.4) is 0 Å². The molecule has 1 N–H and O–H groups in total. The summed E-state index contributed by atoms with van der Waals surface area (Å²) in [5.74, 6) is -0.145. The number of amides is 1. The molecule has 8 heteroatoms. The molecule has 6 nitrogen and oxygen atoms in total. The molecule has 0 aliphatic heterocycles. The van der Waals surface area contributed by atoms with Crippen molar-refractivity contribution in [3.8, 4) is 11.5 Å². The number of halogens is 2. The van der Waals surface area contributed by atoms with Crippen molar-refractivity contribution in [2.75, 3.05) is 26.1 Å². The lowest BCUT2D eigenvalue weighted by Crippen LogP contribution is -2.22. The molecule has 138 valence electrons. The summed E-state index contributed by atoms with van der Waals surface area (Å²) < 4.78 is 15.3. The van der Waals surface area contributed by atoms with Gasteiger partial charge in [-0.2, -0.15) is 0 Å². The first-order chi connectivity index (χ1) is 12.4. The first-order valence-electron chi connectivity index (χ1n) is 7.54. The summed E-state index contributed by atoms with van der Waals surface area (Å²) in [7, 11) is 2.96. The van der Waals surface area contributed by atoms with Crippen LogP contribution in [0.4, 0.5) is 5.69 Å². The summed E-state index contributed by atoms with van der Waals surface area (Å²) in [6, 6.07) is 9.71. The van der Waals surface area contributed by atoms with E-state index in [1.807, 2.05) is 0 Å². The van der Waals surface area contributed by atoms with Crippen molar-refractivity contribution in [1.82, 2.24) is 0 Å². The van der Waals surface area contributed by atoms with Gasteiger partial charge in [0.05, 0.1) is 26.3 Å². The van der Waals surface area contributed by atoms with Gasteiger partial charge in [0.25, 0.3) is 5.91 Å². The average molecular weight is 398 g/mol. The van der Waals surface area contributed by atoms with Gasteiger partial charge >= 0.3 is 5.97 Å². The maximum Gasteiger partial charge on any atom is 0.310 e. The van der Waals surface area contributed by atoms with Gasteiger partial charge in [-0.25, -0.2) is 0 Å². The number of anilines is 1. The summed E-state index contributed by atoms with van der Waals surface area (Å²) in [6.45, 7) is -0.447. The van der Waals surface area contributed by atoms with E-state index >= 15 is 0 Å². The molecule has 0 spiro atoms. The van der Waals surface area contributed by atoms with Crippen molar-refractivity contribution >= 4 is 40.8 Å². The van der Waals surface area contributed by atoms with Crippen molar-refractivity contribution in [2.45, 2.75) is 6.42 Å². The molecule has 0 aliphatic carbocycles. The highest BCUT2D eigenvalue weighted by Crippen LogP contribution is 2.27. The van der Waals surface area contributed by atoms with E-state index in [1.165, 1.54) is 20.3 Å². The number of hydrogen-bond acceptors (Lipinski definition) is 5. The fraction of sp³-hybridized carbons (Fsp3) is 0.222. The number of hydrogen-bond donors (Lipinski definition) is 1. The number of methoxy groups -OCH3 is 2. The van der Waals surface area contributed by atoms with Crippen LogP contribution in [0.1, 0.15) is 5.56 Å². The first kappa shape index (κ1) is 19.9. The molecule has 0 radical (unpaired) electrons. The number of carbonyl (C=O) groups is 2. The van der Waals surface area contributed by atoms with Crippen LogP contribution in [0.15, 0.2) is 36.4 Å². The van der Waals surface area contributed by atoms with E-state index in [9.17, 15) is 9.59 Å². The second kappa shape index (κ2) is 9.31. The molecule has 2 rings (SSSR count). The largest absolute Gasteiger partial charge is 0.496 e. The quantitative estimate of drug-likeness (QED) is 0.720. The lowest BCUT2D eigenvalue weighted by molar-refractivity contribution is -0.146. The summed E-state index contributed by atoms with van der Waals surface area (Å²) in [4.78, 5) is 24.0. The molecule has 1 amide bonds. The van der Waals surface area contributed by atoms with Crippen LogP contribution in [0, 0.1) is 0 Å². The number of rotatable bonds is 7. The van der Waals surface area contributed by atoms with Crippen LogP contribution >= 0.6 is 23.2 Å². The highest BCUT2D eigenvalue weighted by Gasteiger charge is 2.14. The molecule has 2 aromatic rings. The van der Waals surface area contributed by atoms with Gasteiger partial charge in [0.1, 0.15) is 11.5 Å². The fourth-order valence-electron chi connectivity index (χ4n) is 2.20.